The highest BCUT2D eigenvalue weighted by Gasteiger charge is 2.50. The van der Waals surface area contributed by atoms with Gasteiger partial charge in [-0.15, -0.1) is 0 Å². The third kappa shape index (κ3) is 10.4. The average Bonchev–Trinajstić information content (AvgIpc) is 3.90. The largest absolute Gasteiger partial charge is 0.724 e. The van der Waals surface area contributed by atoms with Crippen LogP contribution in [0.15, 0.2) is 182 Å². The van der Waals surface area contributed by atoms with E-state index < -0.39 is 44.0 Å². The highest BCUT2D eigenvalue weighted by Crippen LogP contribution is 2.56. The number of hydrogen-bond acceptors (Lipinski definition) is 9. The van der Waals surface area contributed by atoms with Gasteiger partial charge in [0.1, 0.15) is 29.2 Å². The van der Waals surface area contributed by atoms with Gasteiger partial charge in [0.15, 0.2) is 5.69 Å². The molecule has 1 N–H and O–H groups in total. The summed E-state index contributed by atoms with van der Waals surface area (Å²) in [4.78, 5) is 31.9. The van der Waals surface area contributed by atoms with Gasteiger partial charge in [0.25, 0.3) is 14.2 Å². The quantitative estimate of drug-likeness (QED) is 0.0327. The van der Waals surface area contributed by atoms with Crippen molar-refractivity contribution in [3.8, 4) is 0 Å². The second kappa shape index (κ2) is 20.4. The molecule has 5 aromatic carbocycles. The second-order valence-corrected chi connectivity index (χ2v) is 24.9. The van der Waals surface area contributed by atoms with E-state index >= 15 is 0 Å². The van der Waals surface area contributed by atoms with Crippen LogP contribution in [-0.4, -0.2) is 85.3 Å². The maximum atomic E-state index is 12.7. The van der Waals surface area contributed by atoms with Crippen LogP contribution in [0.5, 0.6) is 0 Å². The van der Waals surface area contributed by atoms with E-state index in [0.717, 1.165) is 10.4 Å². The minimum absolute atomic E-state index is 0.0586. The summed E-state index contributed by atoms with van der Waals surface area (Å²) in [5, 5.41) is 11.0. The van der Waals surface area contributed by atoms with E-state index in [2.05, 4.69) is 170 Å². The molecule has 16 heteroatoms. The summed E-state index contributed by atoms with van der Waals surface area (Å²) in [5.74, 6) is 1.83. The van der Waals surface area contributed by atoms with Gasteiger partial charge < -0.3 is 13.9 Å². The fourth-order valence-electron chi connectivity index (χ4n) is 8.41. The Kier molecular flexibility index (Phi) is 14.8. The SMILES string of the molecule is C/C=C/[P+](c1ccccc1)(c1ccccc1)c1ccccc1.CC(C)(C)[Si](OCCONC(=O)c1ccn(C2=CC3CN(C2)C(=O)N3OS(=O)(=O)[O-])n1)(c1ccccc1)c1ccccc1. The van der Waals surface area contributed by atoms with Gasteiger partial charge in [0.2, 0.25) is 10.4 Å². The Labute approximate surface area is 382 Å². The molecule has 3 heterocycles. The second-order valence-electron chi connectivity index (χ2n) is 16.3. The summed E-state index contributed by atoms with van der Waals surface area (Å²) >= 11 is 0. The highest BCUT2D eigenvalue weighted by molar-refractivity contribution is 7.98. The summed E-state index contributed by atoms with van der Waals surface area (Å²) in [6.07, 6.45) is 5.28. The van der Waals surface area contributed by atoms with E-state index in [-0.39, 0.29) is 37.0 Å². The van der Waals surface area contributed by atoms with Crippen molar-refractivity contribution in [2.75, 3.05) is 26.3 Å². The molecule has 1 fully saturated rings. The molecule has 1 saturated heterocycles. The summed E-state index contributed by atoms with van der Waals surface area (Å²) < 4.78 is 45.5. The summed E-state index contributed by atoms with van der Waals surface area (Å²) in [7, 11) is -9.60. The first-order chi connectivity index (χ1) is 31.3. The van der Waals surface area contributed by atoms with Crippen LogP contribution in [0.2, 0.25) is 5.04 Å². The molecule has 1 atom stereocenters. The van der Waals surface area contributed by atoms with Crippen molar-refractivity contribution in [2.24, 2.45) is 0 Å². The van der Waals surface area contributed by atoms with Crippen LogP contribution in [-0.2, 0) is 23.9 Å². The molecule has 336 valence electrons. The fraction of sp³-hybridized carbons (Fsp3) is 0.204. The highest BCUT2D eigenvalue weighted by atomic mass is 32.3. The van der Waals surface area contributed by atoms with Gasteiger partial charge in [-0.25, -0.2) is 23.4 Å². The number of fused-ring (bicyclic) bond motifs is 2. The Morgan fingerprint density at radius 2 is 1.29 bits per heavy atom. The molecule has 6 aromatic rings. The number of hydroxylamine groups is 3. The van der Waals surface area contributed by atoms with Crippen LogP contribution in [0.25, 0.3) is 5.70 Å². The minimum Gasteiger partial charge on any atom is -0.724 e. The van der Waals surface area contributed by atoms with Crippen molar-refractivity contribution in [3.05, 3.63) is 188 Å². The lowest BCUT2D eigenvalue weighted by molar-refractivity contribution is -0.0195. The Morgan fingerprint density at radius 3 is 1.75 bits per heavy atom. The fourth-order valence-corrected chi connectivity index (χ4v) is 17.1. The van der Waals surface area contributed by atoms with Gasteiger partial charge >= 0.3 is 6.03 Å². The molecule has 0 radical (unpaired) electrons. The zero-order valence-corrected chi connectivity index (χ0v) is 39.3. The number of urea groups is 1. The van der Waals surface area contributed by atoms with Crippen molar-refractivity contribution in [3.63, 3.8) is 0 Å². The number of hydrogen-bond donors (Lipinski definition) is 1. The number of carbonyl (C=O) groups excluding carboxylic acids is 2. The molecule has 1 unspecified atom stereocenters. The Hall–Kier alpha value is -6.03. The maximum absolute atomic E-state index is 12.7. The van der Waals surface area contributed by atoms with E-state index in [0.29, 0.717) is 10.8 Å². The number of rotatable bonds is 15. The normalized spacial score (nSPS) is 15.4. The number of benzene rings is 5. The number of amides is 3. The molecule has 0 spiro atoms. The number of nitrogens with one attached hydrogen (secondary N) is 1. The molecule has 2 bridgehead atoms. The molecule has 8 rings (SSSR count). The van der Waals surface area contributed by atoms with E-state index in [1.54, 1.807) is 6.08 Å². The lowest BCUT2D eigenvalue weighted by atomic mass is 10.2. The molecule has 65 heavy (non-hydrogen) atoms. The van der Waals surface area contributed by atoms with Gasteiger partial charge in [0.05, 0.1) is 31.3 Å². The zero-order chi connectivity index (χ0) is 46.1. The average molecular weight is 930 g/mol. The van der Waals surface area contributed by atoms with Gasteiger partial charge in [-0.2, -0.15) is 14.4 Å². The lowest BCUT2D eigenvalue weighted by Crippen LogP contribution is -2.66. The predicted octanol–water partition coefficient (Wildman–Crippen LogP) is 5.99. The molecule has 3 amide bonds. The monoisotopic (exact) mass is 929 g/mol. The van der Waals surface area contributed by atoms with Crippen molar-refractivity contribution >= 4 is 69.9 Å². The topological polar surface area (TPSA) is 155 Å². The van der Waals surface area contributed by atoms with Crippen LogP contribution in [0.1, 0.15) is 38.2 Å². The lowest BCUT2D eigenvalue weighted by Gasteiger charge is -2.43. The zero-order valence-electron chi connectivity index (χ0n) is 36.6. The number of carbonyl (C=O) groups is 2. The van der Waals surface area contributed by atoms with E-state index in [9.17, 15) is 22.6 Å². The van der Waals surface area contributed by atoms with Gasteiger partial charge in [0, 0.05) is 12.7 Å². The molecule has 0 saturated carbocycles. The van der Waals surface area contributed by atoms with E-state index in [1.165, 1.54) is 37.8 Å². The van der Waals surface area contributed by atoms with Crippen molar-refractivity contribution < 1.29 is 36.1 Å². The molecule has 2 aliphatic heterocycles. The first kappa shape index (κ1) is 46.9. The van der Waals surface area contributed by atoms with Gasteiger partial charge in [-0.3, -0.25) is 9.63 Å². The number of aromatic nitrogens is 2. The summed E-state index contributed by atoms with van der Waals surface area (Å²) in [6, 6.07) is 52.9. The van der Waals surface area contributed by atoms with Crippen LogP contribution >= 0.6 is 7.26 Å². The van der Waals surface area contributed by atoms with Crippen molar-refractivity contribution in [2.45, 2.75) is 38.8 Å². The Morgan fingerprint density at radius 1 is 0.800 bits per heavy atom. The molecular weight excluding hydrogens is 878 g/mol. The molecule has 2 aliphatic rings. The van der Waals surface area contributed by atoms with Crippen LogP contribution in [0.3, 0.4) is 0 Å². The molecular formula is C49H52N5O8PSSi. The third-order valence-electron chi connectivity index (χ3n) is 11.1. The maximum Gasteiger partial charge on any atom is 0.346 e. The van der Waals surface area contributed by atoms with E-state index in [1.807, 2.05) is 36.4 Å². The third-order valence-corrected chi connectivity index (χ3v) is 20.6. The van der Waals surface area contributed by atoms with E-state index in [4.69, 9.17) is 9.26 Å². The predicted molar refractivity (Wildman–Crippen MR) is 257 cm³/mol. The van der Waals surface area contributed by atoms with Crippen LogP contribution in [0.4, 0.5) is 4.79 Å². The Bertz CT molecular complexity index is 2570. The van der Waals surface area contributed by atoms with Crippen LogP contribution < -0.4 is 31.8 Å². The number of allylic oxidation sites excluding steroid dienone is 1. The van der Waals surface area contributed by atoms with Crippen molar-refractivity contribution in [1.82, 2.24) is 25.2 Å². The molecule has 1 aromatic heterocycles. The molecule has 13 nitrogen and oxygen atoms in total. The first-order valence-electron chi connectivity index (χ1n) is 21.1. The summed E-state index contributed by atoms with van der Waals surface area (Å²) in [5.41, 5.74) is 2.95. The first-order valence-corrected chi connectivity index (χ1v) is 26.2. The van der Waals surface area contributed by atoms with Crippen LogP contribution in [0, 0.1) is 0 Å². The van der Waals surface area contributed by atoms with Gasteiger partial charge in [-0.1, -0.05) is 142 Å². The van der Waals surface area contributed by atoms with Crippen molar-refractivity contribution in [1.29, 1.82) is 0 Å². The molecule has 0 aliphatic carbocycles. The van der Waals surface area contributed by atoms with Gasteiger partial charge in [-0.05, 0) is 70.9 Å². The smallest absolute Gasteiger partial charge is 0.346 e. The Balaban J connectivity index is 0.000000239. The minimum atomic E-state index is -5.12. The summed E-state index contributed by atoms with van der Waals surface area (Å²) in [6.45, 7) is 9.20. The standard InChI is InChI=1S/C28H33N5O8SSi.C21H20P/c1-28(2,3)43(23-10-6-4-7-11-23,24-12-8-5-9-13-24)40-17-16-39-30-26(34)25-14-15-32(29-25)21-18-22-20-31(19-21)27(35)33(22)41-42(36,37)38;1-2-18-22(19-12-6-3-7-13-19,20-14-8-4-9-15-20)21-16-10-5-11-17-21/h4-15,18,22H,16-17,19-20H2,1-3H3,(H,30,34)(H,36,37,38);2-18H,1H3/q;+1/p-1/b;18-2+. The number of nitrogens with zero attached hydrogens (tertiary/aromatic N) is 4.